The van der Waals surface area contributed by atoms with E-state index in [1.807, 2.05) is 24.3 Å². The van der Waals surface area contributed by atoms with Crippen molar-refractivity contribution in [1.29, 1.82) is 0 Å². The summed E-state index contributed by atoms with van der Waals surface area (Å²) >= 11 is 0. The quantitative estimate of drug-likeness (QED) is 0.579. The van der Waals surface area contributed by atoms with Crippen molar-refractivity contribution in [2.75, 3.05) is 5.32 Å². The topological polar surface area (TPSA) is 64.7 Å². The normalized spacial score (nSPS) is 11.7. The van der Waals surface area contributed by atoms with E-state index in [-0.39, 0.29) is 5.69 Å². The van der Waals surface area contributed by atoms with Gasteiger partial charge in [-0.15, -0.1) is 0 Å². The summed E-state index contributed by atoms with van der Waals surface area (Å²) in [6, 6.07) is 15.3. The molecule has 0 aliphatic carbocycles. The Kier molecular flexibility index (Phi) is 4.14. The Morgan fingerprint density at radius 1 is 1.07 bits per heavy atom. The molecule has 1 N–H and O–H groups in total. The molecule has 4 rings (SSSR count). The van der Waals surface area contributed by atoms with Gasteiger partial charge in [-0.05, 0) is 30.3 Å². The number of carbonyl (C=O) groups excluding carboxylic acids is 1. The first-order valence-corrected chi connectivity index (χ1v) is 8.29. The van der Waals surface area contributed by atoms with Crippen molar-refractivity contribution in [2.45, 2.75) is 6.18 Å². The number of aromatic nitrogens is 4. The monoisotopic (exact) mass is 385 g/mol. The number of carbonyl (C=O) groups is 1. The number of nitrogens with zero attached hydrogens (tertiary/aromatic N) is 4. The van der Waals surface area contributed by atoms with Gasteiger partial charge in [0, 0.05) is 24.2 Å². The number of hydrogen-bond donors (Lipinski definition) is 1. The van der Waals surface area contributed by atoms with Gasteiger partial charge >= 0.3 is 6.18 Å². The van der Waals surface area contributed by atoms with E-state index < -0.39 is 17.8 Å². The highest BCUT2D eigenvalue weighted by Gasteiger charge is 2.35. The third kappa shape index (κ3) is 3.22. The molecule has 1 amide bonds. The fraction of sp³-hybridized carbons (Fsp3) is 0.105. The smallest absolute Gasteiger partial charge is 0.321 e. The van der Waals surface area contributed by atoms with E-state index in [9.17, 15) is 18.0 Å². The van der Waals surface area contributed by atoms with Crippen molar-refractivity contribution in [1.82, 2.24) is 19.6 Å². The lowest BCUT2D eigenvalue weighted by Crippen LogP contribution is -2.13. The maximum atomic E-state index is 12.8. The van der Waals surface area contributed by atoms with Crippen LogP contribution in [0.15, 0.2) is 60.8 Å². The van der Waals surface area contributed by atoms with Crippen molar-refractivity contribution < 1.29 is 18.0 Å². The molecule has 9 heteroatoms. The number of fused-ring (bicyclic) bond motifs is 1. The number of alkyl halides is 3. The molecule has 0 atom stereocenters. The van der Waals surface area contributed by atoms with Crippen LogP contribution in [-0.2, 0) is 13.2 Å². The summed E-state index contributed by atoms with van der Waals surface area (Å²) in [5.41, 5.74) is 0.865. The van der Waals surface area contributed by atoms with Crippen LogP contribution < -0.4 is 5.32 Å². The van der Waals surface area contributed by atoms with Gasteiger partial charge in [-0.2, -0.15) is 23.4 Å². The van der Waals surface area contributed by atoms with Crippen LogP contribution in [0.2, 0.25) is 0 Å². The Morgan fingerprint density at radius 3 is 2.46 bits per heavy atom. The number of anilines is 1. The van der Waals surface area contributed by atoms with Crippen LogP contribution in [0.25, 0.3) is 16.6 Å². The Hall–Kier alpha value is -3.62. The summed E-state index contributed by atoms with van der Waals surface area (Å²) in [6.07, 6.45) is -2.82. The van der Waals surface area contributed by atoms with E-state index >= 15 is 0 Å². The van der Waals surface area contributed by atoms with Crippen molar-refractivity contribution in [3.05, 3.63) is 72.2 Å². The lowest BCUT2D eigenvalue weighted by atomic mass is 10.2. The van der Waals surface area contributed by atoms with Crippen LogP contribution in [0.1, 0.15) is 16.2 Å². The maximum absolute atomic E-state index is 12.8. The van der Waals surface area contributed by atoms with Crippen LogP contribution in [0, 0.1) is 0 Å². The number of aryl methyl sites for hydroxylation is 1. The fourth-order valence-electron chi connectivity index (χ4n) is 2.90. The zero-order valence-electron chi connectivity index (χ0n) is 14.6. The second-order valence-electron chi connectivity index (χ2n) is 6.15. The summed E-state index contributed by atoms with van der Waals surface area (Å²) in [6.45, 7) is 0. The minimum atomic E-state index is -4.57. The van der Waals surface area contributed by atoms with E-state index in [0.29, 0.717) is 10.4 Å². The predicted molar refractivity (Wildman–Crippen MR) is 97.2 cm³/mol. The van der Waals surface area contributed by atoms with Gasteiger partial charge in [0.2, 0.25) is 0 Å². The molecule has 0 unspecified atom stereocenters. The Labute approximate surface area is 157 Å². The van der Waals surface area contributed by atoms with E-state index in [4.69, 9.17) is 0 Å². The van der Waals surface area contributed by atoms with Gasteiger partial charge in [-0.25, -0.2) is 4.68 Å². The molecule has 2 aromatic carbocycles. The van der Waals surface area contributed by atoms with E-state index in [1.54, 1.807) is 35.1 Å². The number of amides is 1. The number of benzene rings is 2. The van der Waals surface area contributed by atoms with Crippen LogP contribution in [0.4, 0.5) is 18.9 Å². The number of rotatable bonds is 3. The van der Waals surface area contributed by atoms with Gasteiger partial charge in [0.15, 0.2) is 5.69 Å². The Morgan fingerprint density at radius 2 is 1.79 bits per heavy atom. The minimum absolute atomic E-state index is 0.308. The molecule has 0 radical (unpaired) electrons. The standard InChI is InChI=1S/C19H14F3N5O/c1-26-17(19(20,21)22)10-15(25-26)18(28)24-13-6-8-14(9-7-13)27-16-5-3-2-4-12(16)11-23-27/h2-11H,1H3,(H,24,28). The lowest BCUT2D eigenvalue weighted by molar-refractivity contribution is -0.143. The van der Waals surface area contributed by atoms with Crippen molar-refractivity contribution >= 4 is 22.5 Å². The molecule has 28 heavy (non-hydrogen) atoms. The molecule has 0 aliphatic rings. The Balaban J connectivity index is 1.54. The Bertz CT molecular complexity index is 1160. The lowest BCUT2D eigenvalue weighted by Gasteiger charge is -2.06. The average molecular weight is 385 g/mol. The first-order chi connectivity index (χ1) is 13.3. The van der Waals surface area contributed by atoms with Crippen molar-refractivity contribution in [3.63, 3.8) is 0 Å². The van der Waals surface area contributed by atoms with Gasteiger partial charge in [-0.1, -0.05) is 18.2 Å². The van der Waals surface area contributed by atoms with Gasteiger partial charge in [0.1, 0.15) is 5.69 Å². The SMILES string of the molecule is Cn1nc(C(=O)Nc2ccc(-n3ncc4ccccc43)cc2)cc1C(F)(F)F. The molecule has 2 aromatic heterocycles. The van der Waals surface area contributed by atoms with Gasteiger partial charge < -0.3 is 5.32 Å². The molecule has 0 aliphatic heterocycles. The molecule has 2 heterocycles. The highest BCUT2D eigenvalue weighted by molar-refractivity contribution is 6.03. The van der Waals surface area contributed by atoms with Crippen LogP contribution in [0.5, 0.6) is 0 Å². The molecule has 4 aromatic rings. The first kappa shape index (κ1) is 17.8. The molecule has 0 bridgehead atoms. The third-order valence-corrected chi connectivity index (χ3v) is 4.25. The van der Waals surface area contributed by atoms with Gasteiger partial charge in [-0.3, -0.25) is 9.48 Å². The van der Waals surface area contributed by atoms with Gasteiger partial charge in [0.05, 0.1) is 17.4 Å². The summed E-state index contributed by atoms with van der Waals surface area (Å²) in [7, 11) is 1.14. The molecule has 0 saturated heterocycles. The summed E-state index contributed by atoms with van der Waals surface area (Å²) in [5, 5.41) is 11.5. The number of halogens is 3. The third-order valence-electron chi connectivity index (χ3n) is 4.25. The molecular weight excluding hydrogens is 371 g/mol. The highest BCUT2D eigenvalue weighted by atomic mass is 19.4. The minimum Gasteiger partial charge on any atom is -0.321 e. The molecule has 142 valence electrons. The van der Waals surface area contributed by atoms with E-state index in [1.165, 1.54) is 0 Å². The summed E-state index contributed by atoms with van der Waals surface area (Å²) in [4.78, 5) is 12.2. The maximum Gasteiger partial charge on any atom is 0.433 e. The summed E-state index contributed by atoms with van der Waals surface area (Å²) < 4.78 is 40.9. The van der Waals surface area contributed by atoms with E-state index in [0.717, 1.165) is 29.7 Å². The molecular formula is C19H14F3N5O. The molecule has 0 spiro atoms. The zero-order chi connectivity index (χ0) is 19.9. The number of hydrogen-bond acceptors (Lipinski definition) is 3. The van der Waals surface area contributed by atoms with Gasteiger partial charge in [0.25, 0.3) is 5.91 Å². The first-order valence-electron chi connectivity index (χ1n) is 8.29. The fourth-order valence-corrected chi connectivity index (χ4v) is 2.90. The summed E-state index contributed by atoms with van der Waals surface area (Å²) in [5.74, 6) is -0.719. The van der Waals surface area contributed by atoms with Crippen LogP contribution in [-0.4, -0.2) is 25.5 Å². The van der Waals surface area contributed by atoms with Crippen molar-refractivity contribution in [3.8, 4) is 5.69 Å². The van der Waals surface area contributed by atoms with E-state index in [2.05, 4.69) is 15.5 Å². The highest BCUT2D eigenvalue weighted by Crippen LogP contribution is 2.29. The second kappa shape index (κ2) is 6.52. The average Bonchev–Trinajstić information content (AvgIpc) is 3.26. The number of nitrogens with one attached hydrogen (secondary N) is 1. The van der Waals surface area contributed by atoms with Crippen LogP contribution in [0.3, 0.4) is 0 Å². The molecule has 0 saturated carbocycles. The number of para-hydroxylation sites is 1. The predicted octanol–water partition coefficient (Wildman–Crippen LogP) is 4.03. The molecule has 6 nitrogen and oxygen atoms in total. The van der Waals surface area contributed by atoms with Crippen molar-refractivity contribution in [2.24, 2.45) is 7.05 Å². The zero-order valence-corrected chi connectivity index (χ0v) is 14.6. The second-order valence-corrected chi connectivity index (χ2v) is 6.15. The molecule has 0 fully saturated rings. The van der Waals surface area contributed by atoms with Crippen LogP contribution >= 0.6 is 0 Å². The largest absolute Gasteiger partial charge is 0.433 e.